The Hall–Kier alpha value is -0.0800. The third-order valence-electron chi connectivity index (χ3n) is 2.42. The molecule has 0 bridgehead atoms. The number of rotatable bonds is 3. The van der Waals surface area contributed by atoms with Gasteiger partial charge in [-0.15, -0.1) is 0 Å². The van der Waals surface area contributed by atoms with E-state index >= 15 is 0 Å². The highest BCUT2D eigenvalue weighted by atomic mass is 16.3. The minimum Gasteiger partial charge on any atom is -0.396 e. The summed E-state index contributed by atoms with van der Waals surface area (Å²) in [6, 6.07) is 0. The highest BCUT2D eigenvalue weighted by Gasteiger charge is 2.46. The zero-order valence-corrected chi connectivity index (χ0v) is 7.43. The summed E-state index contributed by atoms with van der Waals surface area (Å²) in [7, 11) is 0. The van der Waals surface area contributed by atoms with Crippen molar-refractivity contribution >= 4 is 0 Å². The van der Waals surface area contributed by atoms with E-state index in [-0.39, 0.29) is 6.61 Å². The van der Waals surface area contributed by atoms with Crippen LogP contribution in [0.4, 0.5) is 0 Å². The molecule has 2 heteroatoms. The third-order valence-corrected chi connectivity index (χ3v) is 2.42. The second-order valence-corrected chi connectivity index (χ2v) is 4.57. The van der Waals surface area contributed by atoms with Gasteiger partial charge in [0.1, 0.15) is 0 Å². The van der Waals surface area contributed by atoms with E-state index in [1.54, 1.807) is 0 Å². The van der Waals surface area contributed by atoms with Crippen LogP contribution >= 0.6 is 0 Å². The highest BCUT2D eigenvalue weighted by molar-refractivity contribution is 4.99. The van der Waals surface area contributed by atoms with Crippen molar-refractivity contribution in [2.24, 2.45) is 5.41 Å². The molecular weight excluding hydrogens is 140 g/mol. The Labute approximate surface area is 68.2 Å². The van der Waals surface area contributed by atoms with Crippen molar-refractivity contribution in [3.63, 3.8) is 0 Å². The molecule has 1 aliphatic rings. The van der Waals surface area contributed by atoms with Crippen LogP contribution in [0, 0.1) is 5.41 Å². The third kappa shape index (κ3) is 2.17. The summed E-state index contributed by atoms with van der Waals surface area (Å²) in [6.07, 6.45) is 3.26. The molecule has 2 nitrogen and oxygen atoms in total. The zero-order valence-electron chi connectivity index (χ0n) is 7.43. The molecule has 0 aliphatic heterocycles. The monoisotopic (exact) mass is 158 g/mol. The lowest BCUT2D eigenvalue weighted by molar-refractivity contribution is -0.119. The maximum Gasteiger partial charge on any atom is 0.0658 e. The molecule has 66 valence electrons. The molecule has 0 atom stereocenters. The van der Waals surface area contributed by atoms with Gasteiger partial charge in [0, 0.05) is 6.61 Å². The van der Waals surface area contributed by atoms with Gasteiger partial charge in [-0.1, -0.05) is 13.8 Å². The smallest absolute Gasteiger partial charge is 0.0658 e. The Morgan fingerprint density at radius 3 is 2.18 bits per heavy atom. The molecule has 1 saturated carbocycles. The van der Waals surface area contributed by atoms with E-state index in [2.05, 4.69) is 13.8 Å². The van der Waals surface area contributed by atoms with Gasteiger partial charge in [0.15, 0.2) is 0 Å². The van der Waals surface area contributed by atoms with Crippen molar-refractivity contribution in [1.82, 2.24) is 0 Å². The molecule has 11 heavy (non-hydrogen) atoms. The molecule has 0 amide bonds. The van der Waals surface area contributed by atoms with Crippen molar-refractivity contribution in [2.45, 2.75) is 45.1 Å². The standard InChI is InChI=1S/C9H18O2/c1-8(2)6-9(11,7-8)4-3-5-10/h10-11H,3-7H2,1-2H3. The summed E-state index contributed by atoms with van der Waals surface area (Å²) < 4.78 is 0. The van der Waals surface area contributed by atoms with Crippen LogP contribution in [-0.2, 0) is 0 Å². The zero-order chi connectivity index (χ0) is 8.54. The number of hydrogen-bond acceptors (Lipinski definition) is 2. The Kier molecular flexibility index (Phi) is 2.26. The quantitative estimate of drug-likeness (QED) is 0.650. The van der Waals surface area contributed by atoms with E-state index in [9.17, 15) is 5.11 Å². The first-order chi connectivity index (χ1) is 4.97. The van der Waals surface area contributed by atoms with Crippen molar-refractivity contribution in [2.75, 3.05) is 6.61 Å². The fourth-order valence-corrected chi connectivity index (χ4v) is 2.31. The van der Waals surface area contributed by atoms with E-state index in [4.69, 9.17) is 5.11 Å². The molecule has 1 aliphatic carbocycles. The van der Waals surface area contributed by atoms with Crippen molar-refractivity contribution < 1.29 is 10.2 Å². The van der Waals surface area contributed by atoms with Crippen LogP contribution in [0.5, 0.6) is 0 Å². The topological polar surface area (TPSA) is 40.5 Å². The molecule has 0 saturated heterocycles. The molecule has 0 aromatic rings. The Morgan fingerprint density at radius 2 is 1.82 bits per heavy atom. The van der Waals surface area contributed by atoms with Crippen LogP contribution < -0.4 is 0 Å². The van der Waals surface area contributed by atoms with E-state index < -0.39 is 5.60 Å². The lowest BCUT2D eigenvalue weighted by Gasteiger charge is -2.50. The maximum atomic E-state index is 9.77. The molecule has 1 rings (SSSR count). The van der Waals surface area contributed by atoms with E-state index in [1.165, 1.54) is 0 Å². The molecule has 0 spiro atoms. The van der Waals surface area contributed by atoms with Crippen molar-refractivity contribution in [3.8, 4) is 0 Å². The average Bonchev–Trinajstić information content (AvgIpc) is 1.79. The van der Waals surface area contributed by atoms with E-state index in [0.29, 0.717) is 5.41 Å². The van der Waals surface area contributed by atoms with Crippen molar-refractivity contribution in [3.05, 3.63) is 0 Å². The summed E-state index contributed by atoms with van der Waals surface area (Å²) in [5.74, 6) is 0. The van der Waals surface area contributed by atoms with E-state index in [1.807, 2.05) is 0 Å². The number of hydrogen-bond donors (Lipinski definition) is 2. The molecular formula is C9H18O2. The maximum absolute atomic E-state index is 9.77. The van der Waals surface area contributed by atoms with Crippen molar-refractivity contribution in [1.29, 1.82) is 0 Å². The van der Waals surface area contributed by atoms with Gasteiger partial charge in [-0.3, -0.25) is 0 Å². The van der Waals surface area contributed by atoms with E-state index in [0.717, 1.165) is 25.7 Å². The molecule has 0 aromatic carbocycles. The summed E-state index contributed by atoms with van der Waals surface area (Å²) >= 11 is 0. The minimum absolute atomic E-state index is 0.197. The Morgan fingerprint density at radius 1 is 1.27 bits per heavy atom. The summed E-state index contributed by atoms with van der Waals surface area (Å²) in [5, 5.41) is 18.3. The first kappa shape index (κ1) is 9.01. The van der Waals surface area contributed by atoms with Gasteiger partial charge in [0.05, 0.1) is 5.60 Å². The predicted molar refractivity (Wildman–Crippen MR) is 44.3 cm³/mol. The van der Waals surface area contributed by atoms with Crippen LogP contribution in [-0.4, -0.2) is 22.4 Å². The molecule has 2 N–H and O–H groups in total. The normalized spacial score (nSPS) is 26.2. The molecule has 0 radical (unpaired) electrons. The van der Waals surface area contributed by atoms with Crippen LogP contribution in [0.3, 0.4) is 0 Å². The number of aliphatic hydroxyl groups is 2. The fraction of sp³-hybridized carbons (Fsp3) is 1.00. The summed E-state index contributed by atoms with van der Waals surface area (Å²) in [6.45, 7) is 4.53. The van der Waals surface area contributed by atoms with Gasteiger partial charge in [-0.25, -0.2) is 0 Å². The summed E-state index contributed by atoms with van der Waals surface area (Å²) in [4.78, 5) is 0. The number of aliphatic hydroxyl groups excluding tert-OH is 1. The highest BCUT2D eigenvalue weighted by Crippen LogP contribution is 2.49. The SMILES string of the molecule is CC1(C)CC(O)(CCCO)C1. The van der Waals surface area contributed by atoms with Gasteiger partial charge in [0.25, 0.3) is 0 Å². The van der Waals surface area contributed by atoms with Crippen LogP contribution in [0.15, 0.2) is 0 Å². The lowest BCUT2D eigenvalue weighted by Crippen LogP contribution is -2.48. The Bertz CT molecular complexity index is 132. The summed E-state index contributed by atoms with van der Waals surface area (Å²) in [5.41, 5.74) is -0.129. The first-order valence-electron chi connectivity index (χ1n) is 4.31. The molecule has 1 fully saturated rings. The van der Waals surface area contributed by atoms with Crippen LogP contribution in [0.2, 0.25) is 0 Å². The van der Waals surface area contributed by atoms with Crippen LogP contribution in [0.1, 0.15) is 39.5 Å². The Balaban J connectivity index is 2.25. The largest absolute Gasteiger partial charge is 0.396 e. The molecule has 0 aromatic heterocycles. The van der Waals surface area contributed by atoms with Gasteiger partial charge >= 0.3 is 0 Å². The second kappa shape index (κ2) is 2.76. The average molecular weight is 158 g/mol. The molecule has 0 heterocycles. The first-order valence-corrected chi connectivity index (χ1v) is 4.31. The van der Waals surface area contributed by atoms with Gasteiger partial charge in [0.2, 0.25) is 0 Å². The lowest BCUT2D eigenvalue weighted by atomic mass is 9.60. The van der Waals surface area contributed by atoms with Gasteiger partial charge < -0.3 is 10.2 Å². The van der Waals surface area contributed by atoms with Gasteiger partial charge in [-0.05, 0) is 31.1 Å². The molecule has 0 unspecified atom stereocenters. The minimum atomic E-state index is -0.452. The van der Waals surface area contributed by atoms with Gasteiger partial charge in [-0.2, -0.15) is 0 Å². The fourth-order valence-electron chi connectivity index (χ4n) is 2.31. The predicted octanol–water partition coefficient (Wildman–Crippen LogP) is 1.31. The second-order valence-electron chi connectivity index (χ2n) is 4.57. The van der Waals surface area contributed by atoms with Crippen LogP contribution in [0.25, 0.3) is 0 Å².